The molecule has 1 unspecified atom stereocenters. The Balaban J connectivity index is 1.73. The Morgan fingerprint density at radius 3 is 2.37 bits per heavy atom. The lowest BCUT2D eigenvalue weighted by molar-refractivity contribution is 0.511. The molecule has 1 saturated heterocycles. The van der Waals surface area contributed by atoms with Crippen LogP contribution in [0.1, 0.15) is 35.6 Å². The van der Waals surface area contributed by atoms with Gasteiger partial charge in [0.25, 0.3) is 0 Å². The second-order valence-corrected chi connectivity index (χ2v) is 8.89. The lowest BCUT2D eigenvalue weighted by Gasteiger charge is -2.26. The van der Waals surface area contributed by atoms with Crippen LogP contribution in [-0.4, -0.2) is 17.0 Å². The van der Waals surface area contributed by atoms with E-state index in [9.17, 15) is 0 Å². The molecule has 1 aliphatic rings. The van der Waals surface area contributed by atoms with E-state index < -0.39 is 0 Å². The van der Waals surface area contributed by atoms with Crippen molar-refractivity contribution in [2.75, 3.05) is 12.3 Å². The van der Waals surface area contributed by atoms with E-state index in [2.05, 4.69) is 59.0 Å². The highest BCUT2D eigenvalue weighted by Gasteiger charge is 2.30. The Morgan fingerprint density at radius 1 is 1.21 bits per heavy atom. The summed E-state index contributed by atoms with van der Waals surface area (Å²) in [6, 6.07) is 9.15. The SMILES string of the molecule is CC1(CNC(c2cccs2)c2cccs2)CCCS1. The predicted octanol–water partition coefficient (Wildman–Crippen LogP) is 4.77. The zero-order chi connectivity index (χ0) is 13.1. The predicted molar refractivity (Wildman–Crippen MR) is 88.6 cm³/mol. The van der Waals surface area contributed by atoms with Crippen LogP contribution in [0, 0.1) is 0 Å². The Bertz CT molecular complexity index is 449. The molecule has 0 aromatic carbocycles. The van der Waals surface area contributed by atoms with Gasteiger partial charge >= 0.3 is 0 Å². The van der Waals surface area contributed by atoms with Crippen molar-refractivity contribution >= 4 is 34.4 Å². The van der Waals surface area contributed by atoms with Gasteiger partial charge in [-0.1, -0.05) is 12.1 Å². The van der Waals surface area contributed by atoms with E-state index in [0.29, 0.717) is 10.8 Å². The summed E-state index contributed by atoms with van der Waals surface area (Å²) in [7, 11) is 0. The van der Waals surface area contributed by atoms with Crippen molar-refractivity contribution in [2.24, 2.45) is 0 Å². The minimum absolute atomic E-state index is 0.373. The molecule has 0 amide bonds. The normalized spacial score (nSPS) is 23.3. The van der Waals surface area contributed by atoms with E-state index in [1.54, 1.807) is 0 Å². The summed E-state index contributed by atoms with van der Waals surface area (Å²) in [5.74, 6) is 1.32. The second-order valence-electron chi connectivity index (χ2n) is 5.25. The van der Waals surface area contributed by atoms with Gasteiger partial charge in [-0.3, -0.25) is 0 Å². The van der Waals surface area contributed by atoms with Crippen molar-refractivity contribution in [3.63, 3.8) is 0 Å². The molecule has 0 spiro atoms. The summed E-state index contributed by atoms with van der Waals surface area (Å²) in [6.07, 6.45) is 2.71. The molecule has 1 atom stereocenters. The minimum Gasteiger partial charge on any atom is -0.304 e. The number of hydrogen-bond acceptors (Lipinski definition) is 4. The molecule has 2 aromatic rings. The van der Waals surface area contributed by atoms with E-state index in [1.165, 1.54) is 28.3 Å². The molecule has 0 saturated carbocycles. The highest BCUT2D eigenvalue weighted by Crippen LogP contribution is 2.38. The molecule has 0 bridgehead atoms. The van der Waals surface area contributed by atoms with Gasteiger partial charge in [0, 0.05) is 21.0 Å². The standard InChI is InChI=1S/C15H19NS3/c1-15(7-4-10-19-15)11-16-14(12-5-2-8-17-12)13-6-3-9-18-13/h2-3,5-6,8-9,14,16H,4,7,10-11H2,1H3. The third-order valence-corrected chi connectivity index (χ3v) is 7.05. The summed E-state index contributed by atoms with van der Waals surface area (Å²) >= 11 is 5.82. The maximum atomic E-state index is 3.81. The van der Waals surface area contributed by atoms with Crippen LogP contribution in [0.25, 0.3) is 0 Å². The van der Waals surface area contributed by atoms with Crippen LogP contribution in [0.4, 0.5) is 0 Å². The number of rotatable bonds is 5. The van der Waals surface area contributed by atoms with Gasteiger partial charge in [0.05, 0.1) is 6.04 Å². The van der Waals surface area contributed by atoms with Crippen LogP contribution in [0.15, 0.2) is 35.0 Å². The fourth-order valence-electron chi connectivity index (χ4n) is 2.55. The third-order valence-electron chi connectivity index (χ3n) is 3.64. The maximum Gasteiger partial charge on any atom is 0.0765 e. The zero-order valence-electron chi connectivity index (χ0n) is 11.1. The van der Waals surface area contributed by atoms with Gasteiger partial charge in [0.1, 0.15) is 0 Å². The van der Waals surface area contributed by atoms with Crippen molar-refractivity contribution in [2.45, 2.75) is 30.6 Å². The van der Waals surface area contributed by atoms with Gasteiger partial charge < -0.3 is 5.32 Å². The first-order valence-electron chi connectivity index (χ1n) is 6.71. The molecular formula is C15H19NS3. The lowest BCUT2D eigenvalue weighted by atomic mass is 10.0. The summed E-state index contributed by atoms with van der Waals surface area (Å²) in [6.45, 7) is 3.50. The van der Waals surface area contributed by atoms with Crippen molar-refractivity contribution in [1.29, 1.82) is 0 Å². The Hall–Kier alpha value is -0.290. The van der Waals surface area contributed by atoms with Crippen LogP contribution in [-0.2, 0) is 0 Å². The summed E-state index contributed by atoms with van der Waals surface area (Å²) in [4.78, 5) is 2.85. The number of thiophene rings is 2. The summed E-state index contributed by atoms with van der Waals surface area (Å²) in [5.41, 5.74) is 0. The highest BCUT2D eigenvalue weighted by atomic mass is 32.2. The van der Waals surface area contributed by atoms with Crippen LogP contribution in [0.3, 0.4) is 0 Å². The summed E-state index contributed by atoms with van der Waals surface area (Å²) in [5, 5.41) is 8.15. The molecule has 102 valence electrons. The number of nitrogens with one attached hydrogen (secondary N) is 1. The second kappa shape index (κ2) is 6.00. The van der Waals surface area contributed by atoms with E-state index in [0.717, 1.165) is 6.54 Å². The van der Waals surface area contributed by atoms with E-state index in [4.69, 9.17) is 0 Å². The number of hydrogen-bond donors (Lipinski definition) is 1. The molecule has 3 rings (SSSR count). The fourth-order valence-corrected chi connectivity index (χ4v) is 5.51. The molecule has 1 fully saturated rings. The number of thioether (sulfide) groups is 1. The van der Waals surface area contributed by atoms with E-state index >= 15 is 0 Å². The quantitative estimate of drug-likeness (QED) is 0.853. The van der Waals surface area contributed by atoms with Crippen molar-refractivity contribution in [3.05, 3.63) is 44.8 Å². The molecular weight excluding hydrogens is 290 g/mol. The molecule has 0 aliphatic carbocycles. The monoisotopic (exact) mass is 309 g/mol. The van der Waals surface area contributed by atoms with Gasteiger partial charge in [-0.2, -0.15) is 11.8 Å². The van der Waals surface area contributed by atoms with E-state index in [1.807, 2.05) is 22.7 Å². The first kappa shape index (κ1) is 13.7. The highest BCUT2D eigenvalue weighted by molar-refractivity contribution is 8.00. The van der Waals surface area contributed by atoms with Gasteiger partial charge in [-0.25, -0.2) is 0 Å². The first-order chi connectivity index (χ1) is 9.27. The zero-order valence-corrected chi connectivity index (χ0v) is 13.5. The van der Waals surface area contributed by atoms with Crippen molar-refractivity contribution in [1.82, 2.24) is 5.32 Å². The first-order valence-corrected chi connectivity index (χ1v) is 9.45. The van der Waals surface area contributed by atoms with Gasteiger partial charge in [0.2, 0.25) is 0 Å². The average molecular weight is 310 g/mol. The molecule has 3 heterocycles. The largest absolute Gasteiger partial charge is 0.304 e. The molecule has 4 heteroatoms. The minimum atomic E-state index is 0.373. The average Bonchev–Trinajstić information content (AvgIpc) is 3.11. The van der Waals surface area contributed by atoms with Crippen LogP contribution in [0.5, 0.6) is 0 Å². The third kappa shape index (κ3) is 3.24. The van der Waals surface area contributed by atoms with Crippen molar-refractivity contribution in [3.8, 4) is 0 Å². The van der Waals surface area contributed by atoms with Gasteiger partial charge in [-0.15, -0.1) is 22.7 Å². The van der Waals surface area contributed by atoms with Crippen LogP contribution < -0.4 is 5.32 Å². The summed E-state index contributed by atoms with van der Waals surface area (Å²) < 4.78 is 0.423. The Morgan fingerprint density at radius 2 is 1.89 bits per heavy atom. The lowest BCUT2D eigenvalue weighted by Crippen LogP contribution is -2.35. The Kier molecular flexibility index (Phi) is 4.32. The van der Waals surface area contributed by atoms with Crippen LogP contribution in [0.2, 0.25) is 0 Å². The van der Waals surface area contributed by atoms with Crippen LogP contribution >= 0.6 is 34.4 Å². The Labute approximate surface area is 127 Å². The maximum absolute atomic E-state index is 3.81. The molecule has 1 aliphatic heterocycles. The topological polar surface area (TPSA) is 12.0 Å². The molecule has 19 heavy (non-hydrogen) atoms. The van der Waals surface area contributed by atoms with Gasteiger partial charge in [-0.05, 0) is 48.4 Å². The molecule has 1 N–H and O–H groups in total. The van der Waals surface area contributed by atoms with Gasteiger partial charge in [0.15, 0.2) is 0 Å². The molecule has 1 nitrogen and oxygen atoms in total. The molecule has 0 radical (unpaired) electrons. The fraction of sp³-hybridized carbons (Fsp3) is 0.467. The molecule has 2 aromatic heterocycles. The smallest absolute Gasteiger partial charge is 0.0765 e. The van der Waals surface area contributed by atoms with E-state index in [-0.39, 0.29) is 0 Å². The van der Waals surface area contributed by atoms with Crippen molar-refractivity contribution < 1.29 is 0 Å².